The van der Waals surface area contributed by atoms with Crippen molar-refractivity contribution in [1.29, 1.82) is 0 Å². The number of nitrogens with zero attached hydrogens (tertiary/aromatic N) is 1. The number of nitrogens with one attached hydrogen (secondary N) is 1. The smallest absolute Gasteiger partial charge is 0.275 e. The third-order valence-corrected chi connectivity index (χ3v) is 2.64. The van der Waals surface area contributed by atoms with Crippen molar-refractivity contribution in [2.75, 3.05) is 18.5 Å². The highest BCUT2D eigenvalue weighted by atomic mass is 16.6. The Morgan fingerprint density at radius 2 is 2.05 bits per heavy atom. The minimum Gasteiger partial charge on any atom is -0.491 e. The molecule has 0 aliphatic rings. The number of aliphatic hydroxyl groups is 1. The number of non-ortho nitro benzene ring substituents is 1. The second-order valence-corrected chi connectivity index (χ2v) is 4.85. The van der Waals surface area contributed by atoms with Gasteiger partial charge in [-0.25, -0.2) is 0 Å². The summed E-state index contributed by atoms with van der Waals surface area (Å²) in [6, 6.07) is 4.69. The molecule has 0 bridgehead atoms. The molecule has 0 saturated carbocycles. The van der Waals surface area contributed by atoms with E-state index in [2.05, 4.69) is 5.32 Å². The molecule has 0 aromatic heterocycles. The molecule has 0 radical (unpaired) electrons. The number of nitro benzene ring substituents is 1. The Hall–Kier alpha value is -1.82. The van der Waals surface area contributed by atoms with E-state index >= 15 is 0 Å². The molecule has 6 heteroatoms. The third-order valence-electron chi connectivity index (χ3n) is 2.64. The van der Waals surface area contributed by atoms with E-state index < -0.39 is 4.92 Å². The summed E-state index contributed by atoms with van der Waals surface area (Å²) in [7, 11) is 0. The van der Waals surface area contributed by atoms with Crippen LogP contribution in [0.4, 0.5) is 11.4 Å². The maximum atomic E-state index is 10.9. The number of rotatable bonds is 9. The first-order chi connectivity index (χ1) is 9.52. The van der Waals surface area contributed by atoms with Crippen molar-refractivity contribution in [3.8, 4) is 5.75 Å². The Kier molecular flexibility index (Phi) is 6.79. The van der Waals surface area contributed by atoms with E-state index in [9.17, 15) is 10.1 Å². The molecule has 0 heterocycles. The summed E-state index contributed by atoms with van der Waals surface area (Å²) in [6.45, 7) is 4.66. The monoisotopic (exact) mass is 282 g/mol. The molecule has 0 aliphatic heterocycles. The first-order valence-corrected chi connectivity index (χ1v) is 6.84. The van der Waals surface area contributed by atoms with Crippen molar-refractivity contribution >= 4 is 11.4 Å². The molecule has 112 valence electrons. The van der Waals surface area contributed by atoms with Crippen molar-refractivity contribution in [3.63, 3.8) is 0 Å². The van der Waals surface area contributed by atoms with Crippen LogP contribution in [0, 0.1) is 10.1 Å². The number of aliphatic hydroxyl groups excluding tert-OH is 1. The molecule has 0 amide bonds. The quantitative estimate of drug-likeness (QED) is 0.413. The van der Waals surface area contributed by atoms with E-state index in [1.807, 2.05) is 13.8 Å². The van der Waals surface area contributed by atoms with Crippen LogP contribution in [0.15, 0.2) is 18.2 Å². The lowest BCUT2D eigenvalue weighted by atomic mass is 10.2. The van der Waals surface area contributed by atoms with Crippen molar-refractivity contribution in [1.82, 2.24) is 0 Å². The molecule has 0 aliphatic carbocycles. The summed E-state index contributed by atoms with van der Waals surface area (Å²) in [6.07, 6.45) is 2.57. The number of benzene rings is 1. The lowest BCUT2D eigenvalue weighted by Crippen LogP contribution is -2.07. The normalized spacial score (nSPS) is 10.6. The van der Waals surface area contributed by atoms with Gasteiger partial charge in [0.05, 0.1) is 17.1 Å². The van der Waals surface area contributed by atoms with E-state index in [1.165, 1.54) is 12.1 Å². The number of ether oxygens (including phenoxy) is 1. The zero-order chi connectivity index (χ0) is 15.0. The van der Waals surface area contributed by atoms with Crippen molar-refractivity contribution in [2.24, 2.45) is 0 Å². The first kappa shape index (κ1) is 16.2. The van der Waals surface area contributed by atoms with Crippen LogP contribution < -0.4 is 10.1 Å². The third kappa shape index (κ3) is 5.88. The fourth-order valence-corrected chi connectivity index (χ4v) is 1.78. The summed E-state index contributed by atoms with van der Waals surface area (Å²) in [4.78, 5) is 10.5. The van der Waals surface area contributed by atoms with Crippen molar-refractivity contribution in [3.05, 3.63) is 28.3 Å². The minimum absolute atomic E-state index is 0.0148. The highest BCUT2D eigenvalue weighted by Crippen LogP contribution is 2.26. The minimum atomic E-state index is -0.426. The van der Waals surface area contributed by atoms with Crippen LogP contribution in [-0.2, 0) is 0 Å². The van der Waals surface area contributed by atoms with Crippen molar-refractivity contribution in [2.45, 2.75) is 39.2 Å². The average molecular weight is 282 g/mol. The molecule has 0 saturated heterocycles. The molecular weight excluding hydrogens is 260 g/mol. The van der Waals surface area contributed by atoms with Crippen LogP contribution in [0.2, 0.25) is 0 Å². The molecule has 20 heavy (non-hydrogen) atoms. The van der Waals surface area contributed by atoms with Gasteiger partial charge in [-0.05, 0) is 33.1 Å². The van der Waals surface area contributed by atoms with Gasteiger partial charge in [-0.3, -0.25) is 10.1 Å². The zero-order valence-corrected chi connectivity index (χ0v) is 12.0. The van der Waals surface area contributed by atoms with E-state index in [1.54, 1.807) is 6.07 Å². The van der Waals surface area contributed by atoms with E-state index in [0.717, 1.165) is 19.3 Å². The predicted molar refractivity (Wildman–Crippen MR) is 78.3 cm³/mol. The molecule has 2 N–H and O–H groups in total. The number of unbranched alkanes of at least 4 members (excludes halogenated alkanes) is 2. The second kappa shape index (κ2) is 8.37. The Balaban J connectivity index is 2.68. The van der Waals surface area contributed by atoms with Crippen LogP contribution in [-0.4, -0.2) is 29.3 Å². The number of nitro groups is 1. The summed E-state index contributed by atoms with van der Waals surface area (Å²) in [5.74, 6) is 0.493. The van der Waals surface area contributed by atoms with Crippen LogP contribution in [0.3, 0.4) is 0 Å². The SMILES string of the molecule is CC(C)Oc1cc(NCCCCCO)cc([N+](=O)[O-])c1. The van der Waals surface area contributed by atoms with Crippen LogP contribution in [0.1, 0.15) is 33.1 Å². The second-order valence-electron chi connectivity index (χ2n) is 4.85. The summed E-state index contributed by atoms with van der Waals surface area (Å²) in [5, 5.41) is 22.7. The van der Waals surface area contributed by atoms with E-state index in [4.69, 9.17) is 9.84 Å². The Labute approximate surface area is 118 Å². The summed E-state index contributed by atoms with van der Waals surface area (Å²) >= 11 is 0. The summed E-state index contributed by atoms with van der Waals surface area (Å²) in [5.41, 5.74) is 0.694. The fraction of sp³-hybridized carbons (Fsp3) is 0.571. The zero-order valence-electron chi connectivity index (χ0n) is 12.0. The van der Waals surface area contributed by atoms with E-state index in [-0.39, 0.29) is 18.4 Å². The van der Waals surface area contributed by atoms with Gasteiger partial charge < -0.3 is 15.2 Å². The maximum absolute atomic E-state index is 10.9. The van der Waals surface area contributed by atoms with E-state index in [0.29, 0.717) is 18.0 Å². The molecule has 0 fully saturated rings. The van der Waals surface area contributed by atoms with Crippen LogP contribution in [0.25, 0.3) is 0 Å². The summed E-state index contributed by atoms with van der Waals surface area (Å²) < 4.78 is 5.51. The topological polar surface area (TPSA) is 84.6 Å². The standard InChI is InChI=1S/C14H22N2O4/c1-11(2)20-14-9-12(8-13(10-14)16(18)19)15-6-4-3-5-7-17/h8-11,15,17H,3-7H2,1-2H3. The molecule has 0 atom stereocenters. The Morgan fingerprint density at radius 1 is 1.30 bits per heavy atom. The van der Waals surface area contributed by atoms with Crippen LogP contribution in [0.5, 0.6) is 5.75 Å². The van der Waals surface area contributed by atoms with Gasteiger partial charge >= 0.3 is 0 Å². The highest BCUT2D eigenvalue weighted by Gasteiger charge is 2.11. The van der Waals surface area contributed by atoms with Gasteiger partial charge in [0.1, 0.15) is 5.75 Å². The predicted octanol–water partition coefficient (Wildman–Crippen LogP) is 2.96. The van der Waals surface area contributed by atoms with Gasteiger partial charge in [-0.2, -0.15) is 0 Å². The van der Waals surface area contributed by atoms with Gasteiger partial charge in [0, 0.05) is 31.0 Å². The first-order valence-electron chi connectivity index (χ1n) is 6.84. The lowest BCUT2D eigenvalue weighted by molar-refractivity contribution is -0.384. The van der Waals surface area contributed by atoms with Gasteiger partial charge in [0.2, 0.25) is 0 Å². The molecular formula is C14H22N2O4. The van der Waals surface area contributed by atoms with Gasteiger partial charge in [0.15, 0.2) is 0 Å². The molecule has 0 unspecified atom stereocenters. The Bertz CT molecular complexity index is 435. The Morgan fingerprint density at radius 3 is 2.65 bits per heavy atom. The molecule has 0 spiro atoms. The average Bonchev–Trinajstić information content (AvgIpc) is 2.37. The van der Waals surface area contributed by atoms with Crippen molar-refractivity contribution < 1.29 is 14.8 Å². The van der Waals surface area contributed by atoms with Gasteiger partial charge in [0.25, 0.3) is 5.69 Å². The molecule has 1 rings (SSSR count). The molecule has 1 aromatic rings. The molecule has 1 aromatic carbocycles. The highest BCUT2D eigenvalue weighted by molar-refractivity contribution is 5.56. The number of hydrogen-bond acceptors (Lipinski definition) is 5. The number of hydrogen-bond donors (Lipinski definition) is 2. The van der Waals surface area contributed by atoms with Crippen LogP contribution >= 0.6 is 0 Å². The molecule has 6 nitrogen and oxygen atoms in total. The maximum Gasteiger partial charge on any atom is 0.275 e. The number of anilines is 1. The van der Waals surface area contributed by atoms with Gasteiger partial charge in [-0.15, -0.1) is 0 Å². The fourth-order valence-electron chi connectivity index (χ4n) is 1.78. The largest absolute Gasteiger partial charge is 0.491 e. The van der Waals surface area contributed by atoms with Gasteiger partial charge in [-0.1, -0.05) is 0 Å². The lowest BCUT2D eigenvalue weighted by Gasteiger charge is -2.12.